The van der Waals surface area contributed by atoms with Gasteiger partial charge in [0, 0.05) is 13.7 Å². The first-order valence-corrected chi connectivity index (χ1v) is 5.62. The summed E-state index contributed by atoms with van der Waals surface area (Å²) in [5.41, 5.74) is 1.19. The van der Waals surface area contributed by atoms with Gasteiger partial charge >= 0.3 is 0 Å². The number of likely N-dealkylation sites (N-methyl/N-ethyl adjacent to an activating group) is 1. The molecule has 3 heteroatoms. The van der Waals surface area contributed by atoms with Crippen LogP contribution in [0.3, 0.4) is 0 Å². The molecule has 1 aromatic rings. The fourth-order valence-corrected chi connectivity index (χ4v) is 1.65. The Morgan fingerprint density at radius 1 is 1.25 bits per heavy atom. The molecular weight excluding hydrogens is 202 g/mol. The van der Waals surface area contributed by atoms with E-state index in [2.05, 4.69) is 17.4 Å². The van der Waals surface area contributed by atoms with Crippen molar-refractivity contribution in [3.63, 3.8) is 0 Å². The molecule has 3 nitrogen and oxygen atoms in total. The summed E-state index contributed by atoms with van der Waals surface area (Å²) < 4.78 is 11.0. The van der Waals surface area contributed by atoms with Gasteiger partial charge < -0.3 is 14.8 Å². The molecule has 90 valence electrons. The lowest BCUT2D eigenvalue weighted by molar-refractivity contribution is -0.0387. The normalized spacial score (nSPS) is 14.7. The molecular formula is C13H21NO2. The smallest absolute Gasteiger partial charge is 0.0953 e. The number of nitrogens with one attached hydrogen (secondary N) is 1. The third-order valence-electron chi connectivity index (χ3n) is 2.36. The highest BCUT2D eigenvalue weighted by atomic mass is 16.5. The van der Waals surface area contributed by atoms with Gasteiger partial charge in [-0.15, -0.1) is 0 Å². The molecule has 0 fully saturated rings. The minimum atomic E-state index is 0.0800. The van der Waals surface area contributed by atoms with Crippen molar-refractivity contribution in [3.8, 4) is 0 Å². The maximum Gasteiger partial charge on any atom is 0.0953 e. The summed E-state index contributed by atoms with van der Waals surface area (Å²) in [5.74, 6) is 0. The third kappa shape index (κ3) is 4.31. The van der Waals surface area contributed by atoms with E-state index in [1.807, 2.05) is 32.2 Å². The summed E-state index contributed by atoms with van der Waals surface area (Å²) >= 11 is 0. The second-order valence-corrected chi connectivity index (χ2v) is 3.86. The van der Waals surface area contributed by atoms with E-state index < -0.39 is 0 Å². The van der Waals surface area contributed by atoms with Crippen molar-refractivity contribution in [2.45, 2.75) is 19.1 Å². The predicted octanol–water partition coefficient (Wildman–Crippen LogP) is 2.00. The number of hydrogen-bond acceptors (Lipinski definition) is 3. The van der Waals surface area contributed by atoms with Gasteiger partial charge in [0.25, 0.3) is 0 Å². The molecule has 0 heterocycles. The van der Waals surface area contributed by atoms with E-state index in [9.17, 15) is 0 Å². The maximum atomic E-state index is 5.93. The molecule has 16 heavy (non-hydrogen) atoms. The Morgan fingerprint density at radius 3 is 2.50 bits per heavy atom. The quantitative estimate of drug-likeness (QED) is 0.767. The average Bonchev–Trinajstić information content (AvgIpc) is 2.30. The molecule has 1 rings (SSSR count). The Bertz CT molecular complexity index is 277. The van der Waals surface area contributed by atoms with Crippen molar-refractivity contribution >= 4 is 0 Å². The highest BCUT2D eigenvalue weighted by Gasteiger charge is 2.14. The van der Waals surface area contributed by atoms with Gasteiger partial charge in [0.2, 0.25) is 0 Å². The Morgan fingerprint density at radius 2 is 1.94 bits per heavy atom. The third-order valence-corrected chi connectivity index (χ3v) is 2.36. The molecule has 0 spiro atoms. The zero-order valence-corrected chi connectivity index (χ0v) is 10.3. The molecule has 0 radical (unpaired) electrons. The second-order valence-electron chi connectivity index (χ2n) is 3.86. The van der Waals surface area contributed by atoms with Crippen LogP contribution in [-0.2, 0) is 9.47 Å². The molecule has 0 aliphatic heterocycles. The van der Waals surface area contributed by atoms with Gasteiger partial charge in [0.15, 0.2) is 0 Å². The molecule has 0 bridgehead atoms. The Kier molecular flexibility index (Phi) is 6.08. The lowest BCUT2D eigenvalue weighted by Gasteiger charge is -2.22. The molecule has 0 saturated heterocycles. The lowest BCUT2D eigenvalue weighted by Crippen LogP contribution is -2.25. The van der Waals surface area contributed by atoms with E-state index in [-0.39, 0.29) is 12.2 Å². The van der Waals surface area contributed by atoms with Crippen LogP contribution in [0.5, 0.6) is 0 Å². The van der Waals surface area contributed by atoms with E-state index in [0.29, 0.717) is 6.61 Å². The first-order chi connectivity index (χ1) is 7.77. The summed E-state index contributed by atoms with van der Waals surface area (Å²) in [6.45, 7) is 3.44. The van der Waals surface area contributed by atoms with Gasteiger partial charge in [0.1, 0.15) is 0 Å². The zero-order valence-electron chi connectivity index (χ0n) is 10.3. The van der Waals surface area contributed by atoms with Crippen LogP contribution in [0.15, 0.2) is 30.3 Å². The summed E-state index contributed by atoms with van der Waals surface area (Å²) in [6, 6.07) is 10.2. The number of hydrogen-bond donors (Lipinski definition) is 1. The molecule has 0 saturated carbocycles. The van der Waals surface area contributed by atoms with E-state index in [1.54, 1.807) is 7.11 Å². The summed E-state index contributed by atoms with van der Waals surface area (Å²) in [6.07, 6.45) is 0.180. The summed E-state index contributed by atoms with van der Waals surface area (Å²) in [7, 11) is 3.62. The molecule has 0 aliphatic carbocycles. The van der Waals surface area contributed by atoms with Crippen LogP contribution in [0, 0.1) is 0 Å². The fraction of sp³-hybridized carbons (Fsp3) is 0.538. The summed E-state index contributed by atoms with van der Waals surface area (Å²) in [5, 5.41) is 3.15. The SMILES string of the molecule is CNCC(OC(C)COC)c1ccccc1. The standard InChI is InChI=1S/C13H21NO2/c1-11(10-15-3)16-13(9-14-2)12-7-5-4-6-8-12/h4-8,11,13-14H,9-10H2,1-3H3. The van der Waals surface area contributed by atoms with Gasteiger partial charge in [-0.05, 0) is 19.5 Å². The van der Waals surface area contributed by atoms with Crippen molar-refractivity contribution in [1.29, 1.82) is 0 Å². The fourth-order valence-electron chi connectivity index (χ4n) is 1.65. The Balaban J connectivity index is 2.60. The lowest BCUT2D eigenvalue weighted by atomic mass is 10.1. The largest absolute Gasteiger partial charge is 0.382 e. The molecule has 1 aromatic carbocycles. The maximum absolute atomic E-state index is 5.93. The Hall–Kier alpha value is -0.900. The van der Waals surface area contributed by atoms with Gasteiger partial charge in [0.05, 0.1) is 18.8 Å². The van der Waals surface area contributed by atoms with Crippen molar-refractivity contribution in [2.75, 3.05) is 27.3 Å². The number of benzene rings is 1. The van der Waals surface area contributed by atoms with E-state index in [0.717, 1.165) is 6.54 Å². The van der Waals surface area contributed by atoms with Crippen LogP contribution in [0.4, 0.5) is 0 Å². The minimum absolute atomic E-state index is 0.0800. The van der Waals surface area contributed by atoms with Crippen LogP contribution in [0.25, 0.3) is 0 Å². The van der Waals surface area contributed by atoms with Gasteiger partial charge in [-0.1, -0.05) is 30.3 Å². The zero-order chi connectivity index (χ0) is 11.8. The second kappa shape index (κ2) is 7.39. The van der Waals surface area contributed by atoms with Crippen LogP contribution in [0.1, 0.15) is 18.6 Å². The Labute approximate surface area is 97.8 Å². The molecule has 0 amide bonds. The van der Waals surface area contributed by atoms with E-state index in [4.69, 9.17) is 9.47 Å². The molecule has 1 N–H and O–H groups in total. The van der Waals surface area contributed by atoms with Crippen molar-refractivity contribution in [1.82, 2.24) is 5.32 Å². The highest BCUT2D eigenvalue weighted by Crippen LogP contribution is 2.18. The monoisotopic (exact) mass is 223 g/mol. The van der Waals surface area contributed by atoms with Crippen LogP contribution in [0.2, 0.25) is 0 Å². The number of ether oxygens (including phenoxy) is 2. The number of rotatable bonds is 7. The molecule has 2 unspecified atom stereocenters. The van der Waals surface area contributed by atoms with Crippen molar-refractivity contribution in [2.24, 2.45) is 0 Å². The topological polar surface area (TPSA) is 30.5 Å². The predicted molar refractivity (Wildman–Crippen MR) is 65.5 cm³/mol. The minimum Gasteiger partial charge on any atom is -0.382 e. The number of methoxy groups -OCH3 is 1. The van der Waals surface area contributed by atoms with Gasteiger partial charge in [-0.25, -0.2) is 0 Å². The molecule has 0 aliphatic rings. The van der Waals surface area contributed by atoms with Crippen LogP contribution < -0.4 is 5.32 Å². The molecule has 2 atom stereocenters. The summed E-state index contributed by atoms with van der Waals surface area (Å²) in [4.78, 5) is 0. The van der Waals surface area contributed by atoms with Crippen LogP contribution >= 0.6 is 0 Å². The first kappa shape index (κ1) is 13.2. The van der Waals surface area contributed by atoms with Crippen LogP contribution in [-0.4, -0.2) is 33.4 Å². The van der Waals surface area contributed by atoms with E-state index >= 15 is 0 Å². The average molecular weight is 223 g/mol. The molecule has 0 aromatic heterocycles. The highest BCUT2D eigenvalue weighted by molar-refractivity contribution is 5.17. The van der Waals surface area contributed by atoms with Gasteiger partial charge in [-0.2, -0.15) is 0 Å². The van der Waals surface area contributed by atoms with Gasteiger partial charge in [-0.3, -0.25) is 0 Å². The first-order valence-electron chi connectivity index (χ1n) is 5.62. The van der Waals surface area contributed by atoms with Crippen molar-refractivity contribution in [3.05, 3.63) is 35.9 Å². The van der Waals surface area contributed by atoms with E-state index in [1.165, 1.54) is 5.56 Å². The van der Waals surface area contributed by atoms with Crippen molar-refractivity contribution < 1.29 is 9.47 Å².